The van der Waals surface area contributed by atoms with Gasteiger partial charge in [0.15, 0.2) is 0 Å². The van der Waals surface area contributed by atoms with E-state index in [0.717, 1.165) is 5.56 Å². The topological polar surface area (TPSA) is 41.9 Å². The van der Waals surface area contributed by atoms with Crippen molar-refractivity contribution in [2.45, 2.75) is 6.10 Å². The predicted molar refractivity (Wildman–Crippen MR) is 83.9 cm³/mol. The van der Waals surface area contributed by atoms with E-state index in [2.05, 4.69) is 4.99 Å². The van der Waals surface area contributed by atoms with E-state index in [1.165, 1.54) is 29.2 Å². The summed E-state index contributed by atoms with van der Waals surface area (Å²) in [4.78, 5) is 18.3. The average molecular weight is 312 g/mol. The lowest BCUT2D eigenvalue weighted by molar-refractivity contribution is -0.121. The second kappa shape index (κ2) is 4.71. The molecule has 2 heterocycles. The molecule has 0 spiro atoms. The Hall–Kier alpha value is -2.60. The van der Waals surface area contributed by atoms with Crippen molar-refractivity contribution < 1.29 is 13.9 Å². The molecule has 2 aliphatic rings. The first-order valence-corrected chi connectivity index (χ1v) is 7.04. The minimum absolute atomic E-state index is 0.128. The van der Waals surface area contributed by atoms with Gasteiger partial charge in [0.1, 0.15) is 17.3 Å². The Morgan fingerprint density at radius 2 is 1.86 bits per heavy atom. The zero-order valence-corrected chi connectivity index (χ0v) is 12.0. The molecule has 4 rings (SSSR count). The molecule has 0 aliphatic carbocycles. The summed E-state index contributed by atoms with van der Waals surface area (Å²) >= 11 is 5.24. The summed E-state index contributed by atoms with van der Waals surface area (Å²) in [6, 6.07) is 12.8. The molecule has 0 saturated heterocycles. The molecule has 108 valence electrons. The summed E-state index contributed by atoms with van der Waals surface area (Å²) in [5.74, 6) is -0.0889. The molecule has 0 fully saturated rings. The van der Waals surface area contributed by atoms with E-state index in [1.807, 2.05) is 18.2 Å². The predicted octanol–water partition coefficient (Wildman–Crippen LogP) is 2.71. The van der Waals surface area contributed by atoms with Crippen molar-refractivity contribution >= 4 is 34.6 Å². The van der Waals surface area contributed by atoms with E-state index in [1.54, 1.807) is 6.07 Å². The number of anilines is 1. The van der Waals surface area contributed by atoms with E-state index in [9.17, 15) is 9.18 Å². The van der Waals surface area contributed by atoms with Gasteiger partial charge in [-0.2, -0.15) is 0 Å². The van der Waals surface area contributed by atoms with Gasteiger partial charge in [0.25, 0.3) is 5.91 Å². The first-order valence-electron chi connectivity index (χ1n) is 6.63. The van der Waals surface area contributed by atoms with Gasteiger partial charge in [-0.1, -0.05) is 12.1 Å². The zero-order chi connectivity index (χ0) is 15.3. The Bertz CT molecular complexity index is 832. The van der Waals surface area contributed by atoms with Gasteiger partial charge in [-0.3, -0.25) is 9.69 Å². The SMILES string of the molecule is O=C1C2Oc3ccccc3C2=NC(=S)N1c1ccc(F)cc1. The van der Waals surface area contributed by atoms with Gasteiger partial charge in [0, 0.05) is 5.56 Å². The average Bonchev–Trinajstić information content (AvgIpc) is 2.88. The van der Waals surface area contributed by atoms with Crippen LogP contribution in [0.2, 0.25) is 0 Å². The normalized spacial score (nSPS) is 19.4. The molecule has 0 bridgehead atoms. The molecule has 22 heavy (non-hydrogen) atoms. The Morgan fingerprint density at radius 3 is 2.64 bits per heavy atom. The quantitative estimate of drug-likeness (QED) is 0.760. The van der Waals surface area contributed by atoms with E-state index in [0.29, 0.717) is 17.1 Å². The lowest BCUT2D eigenvalue weighted by Crippen LogP contribution is -2.50. The van der Waals surface area contributed by atoms with Crippen LogP contribution >= 0.6 is 12.2 Å². The van der Waals surface area contributed by atoms with Gasteiger partial charge in [-0.15, -0.1) is 0 Å². The smallest absolute Gasteiger partial charge is 0.280 e. The number of carbonyl (C=O) groups is 1. The highest BCUT2D eigenvalue weighted by Crippen LogP contribution is 2.33. The van der Waals surface area contributed by atoms with Crippen molar-refractivity contribution in [3.8, 4) is 5.75 Å². The minimum Gasteiger partial charge on any atom is -0.473 e. The van der Waals surface area contributed by atoms with Crippen LogP contribution in [0.15, 0.2) is 53.5 Å². The molecule has 0 N–H and O–H groups in total. The summed E-state index contributed by atoms with van der Waals surface area (Å²) in [7, 11) is 0. The number of thiocarbonyl (C=S) groups is 1. The maximum Gasteiger partial charge on any atom is 0.280 e. The van der Waals surface area contributed by atoms with Crippen LogP contribution in [-0.2, 0) is 4.79 Å². The zero-order valence-electron chi connectivity index (χ0n) is 11.2. The maximum atomic E-state index is 13.1. The molecule has 1 atom stereocenters. The third kappa shape index (κ3) is 1.84. The number of aliphatic imine (C=N–C) groups is 1. The summed E-state index contributed by atoms with van der Waals surface area (Å²) < 4.78 is 18.7. The fourth-order valence-corrected chi connectivity index (χ4v) is 2.88. The van der Waals surface area contributed by atoms with Crippen molar-refractivity contribution in [2.75, 3.05) is 4.90 Å². The lowest BCUT2D eigenvalue weighted by Gasteiger charge is -2.27. The van der Waals surface area contributed by atoms with Gasteiger partial charge in [0.05, 0.1) is 5.69 Å². The van der Waals surface area contributed by atoms with E-state index in [-0.39, 0.29) is 16.8 Å². The number of ether oxygens (including phenoxy) is 1. The summed E-state index contributed by atoms with van der Waals surface area (Å²) in [5, 5.41) is 0.128. The van der Waals surface area contributed by atoms with Gasteiger partial charge < -0.3 is 4.74 Å². The van der Waals surface area contributed by atoms with Crippen LogP contribution in [0.25, 0.3) is 0 Å². The third-order valence-electron chi connectivity index (χ3n) is 3.59. The minimum atomic E-state index is -0.811. The van der Waals surface area contributed by atoms with Crippen LogP contribution in [0.1, 0.15) is 5.56 Å². The highest BCUT2D eigenvalue weighted by atomic mass is 32.1. The number of halogens is 1. The fourth-order valence-electron chi connectivity index (χ4n) is 2.58. The Labute approximate surface area is 130 Å². The Balaban J connectivity index is 1.78. The third-order valence-corrected chi connectivity index (χ3v) is 3.87. The Morgan fingerprint density at radius 1 is 1.14 bits per heavy atom. The molecule has 4 nitrogen and oxygen atoms in total. The van der Waals surface area contributed by atoms with Crippen LogP contribution in [0.3, 0.4) is 0 Å². The number of para-hydroxylation sites is 1. The first kappa shape index (κ1) is 13.1. The van der Waals surface area contributed by atoms with Gasteiger partial charge in [-0.05, 0) is 48.6 Å². The van der Waals surface area contributed by atoms with E-state index in [4.69, 9.17) is 17.0 Å². The molecule has 0 aromatic heterocycles. The molecule has 6 heteroatoms. The monoisotopic (exact) mass is 312 g/mol. The maximum absolute atomic E-state index is 13.1. The number of rotatable bonds is 1. The summed E-state index contributed by atoms with van der Waals surface area (Å²) in [6.45, 7) is 0. The van der Waals surface area contributed by atoms with Crippen molar-refractivity contribution in [3.63, 3.8) is 0 Å². The van der Waals surface area contributed by atoms with E-state index < -0.39 is 6.10 Å². The van der Waals surface area contributed by atoms with Crippen molar-refractivity contribution in [1.29, 1.82) is 0 Å². The standard InChI is InChI=1S/C16H9FN2O2S/c17-9-5-7-10(8-6-9)19-15(20)14-13(18-16(19)22)11-3-1-2-4-12(11)21-14/h1-8,14H. The largest absolute Gasteiger partial charge is 0.473 e. The number of fused-ring (bicyclic) bond motifs is 3. The lowest BCUT2D eigenvalue weighted by atomic mass is 10.1. The first-order chi connectivity index (χ1) is 10.6. The molecule has 0 radical (unpaired) electrons. The molecular formula is C16H9FN2O2S. The summed E-state index contributed by atoms with van der Waals surface area (Å²) in [5.41, 5.74) is 1.78. The molecular weight excluding hydrogens is 303 g/mol. The van der Waals surface area contributed by atoms with Crippen LogP contribution in [0.4, 0.5) is 10.1 Å². The molecule has 2 aromatic carbocycles. The molecule has 2 aliphatic heterocycles. The van der Waals surface area contributed by atoms with Gasteiger partial charge in [0.2, 0.25) is 11.2 Å². The van der Waals surface area contributed by atoms with Gasteiger partial charge >= 0.3 is 0 Å². The van der Waals surface area contributed by atoms with Crippen LogP contribution in [-0.4, -0.2) is 22.8 Å². The number of hydrogen-bond acceptors (Lipinski definition) is 3. The highest BCUT2D eigenvalue weighted by Gasteiger charge is 2.43. The van der Waals surface area contributed by atoms with Crippen LogP contribution in [0.5, 0.6) is 5.75 Å². The number of hydrogen-bond donors (Lipinski definition) is 0. The van der Waals surface area contributed by atoms with Crippen molar-refractivity contribution in [3.05, 3.63) is 59.9 Å². The fraction of sp³-hybridized carbons (Fsp3) is 0.0625. The molecule has 1 unspecified atom stereocenters. The molecule has 1 amide bonds. The Kier molecular flexibility index (Phi) is 2.80. The van der Waals surface area contributed by atoms with Crippen molar-refractivity contribution in [1.82, 2.24) is 0 Å². The number of nitrogens with zero attached hydrogens (tertiary/aromatic N) is 2. The highest BCUT2D eigenvalue weighted by molar-refractivity contribution is 7.80. The van der Waals surface area contributed by atoms with Crippen LogP contribution < -0.4 is 9.64 Å². The number of amides is 1. The molecule has 2 aromatic rings. The second-order valence-corrected chi connectivity index (χ2v) is 5.29. The summed E-state index contributed by atoms with van der Waals surface area (Å²) in [6.07, 6.45) is -0.811. The van der Waals surface area contributed by atoms with Gasteiger partial charge in [-0.25, -0.2) is 9.38 Å². The van der Waals surface area contributed by atoms with E-state index >= 15 is 0 Å². The van der Waals surface area contributed by atoms with Crippen molar-refractivity contribution in [2.24, 2.45) is 4.99 Å². The molecule has 0 saturated carbocycles. The van der Waals surface area contributed by atoms with Crippen LogP contribution in [0, 0.1) is 5.82 Å². The second-order valence-electron chi connectivity index (χ2n) is 4.92. The number of benzene rings is 2. The number of carbonyl (C=O) groups excluding carboxylic acids is 1.